The molecule has 0 spiro atoms. The topological polar surface area (TPSA) is 72.8 Å². The normalized spacial score (nSPS) is 12.5. The third kappa shape index (κ3) is 2.78. The van der Waals surface area contributed by atoms with Crippen LogP contribution in [-0.2, 0) is 13.0 Å². The van der Waals surface area contributed by atoms with Crippen LogP contribution < -0.4 is 9.47 Å². The average Bonchev–Trinajstić information content (AvgIpc) is 2.73. The molecule has 0 aromatic heterocycles. The zero-order valence-corrected chi connectivity index (χ0v) is 14.1. The van der Waals surface area contributed by atoms with Crippen molar-refractivity contribution in [1.29, 1.82) is 0 Å². The van der Waals surface area contributed by atoms with Gasteiger partial charge in [-0.15, -0.1) is 6.58 Å². The Hall–Kier alpha value is -3.08. The first-order chi connectivity index (χ1) is 12.0. The highest BCUT2D eigenvalue weighted by atomic mass is 16.5. The summed E-state index contributed by atoms with van der Waals surface area (Å²) in [5.74, 6) is 0.181. The van der Waals surface area contributed by atoms with Gasteiger partial charge < -0.3 is 14.6 Å². The first-order valence-corrected chi connectivity index (χ1v) is 7.83. The number of hydrogen-bond acceptors (Lipinski definition) is 5. The van der Waals surface area contributed by atoms with E-state index in [2.05, 4.69) is 6.58 Å². The number of benzene rings is 2. The van der Waals surface area contributed by atoms with Gasteiger partial charge in [-0.2, -0.15) is 0 Å². The van der Waals surface area contributed by atoms with Crippen molar-refractivity contribution in [2.45, 2.75) is 20.0 Å². The molecule has 5 nitrogen and oxygen atoms in total. The smallest absolute Gasteiger partial charge is 0.197 e. The molecule has 0 radical (unpaired) electrons. The molecule has 0 aliphatic carbocycles. The number of hydrogen-bond donors (Lipinski definition) is 1. The van der Waals surface area contributed by atoms with Gasteiger partial charge >= 0.3 is 0 Å². The minimum atomic E-state index is -0.322. The quantitative estimate of drug-likeness (QED) is 0.683. The molecule has 1 aliphatic heterocycles. The van der Waals surface area contributed by atoms with E-state index in [1.165, 1.54) is 13.0 Å². The highest BCUT2D eigenvalue weighted by Gasteiger charge is 2.28. The van der Waals surface area contributed by atoms with Crippen LogP contribution in [0, 0.1) is 0 Å². The van der Waals surface area contributed by atoms with Crippen LogP contribution in [0.4, 0.5) is 0 Å². The first-order valence-electron chi connectivity index (χ1n) is 7.83. The van der Waals surface area contributed by atoms with Crippen LogP contribution in [-0.4, -0.2) is 23.8 Å². The third-order valence-corrected chi connectivity index (χ3v) is 4.25. The highest BCUT2D eigenvalue weighted by molar-refractivity contribution is 6.14. The number of rotatable bonds is 4. The van der Waals surface area contributed by atoms with Crippen LogP contribution in [0.5, 0.6) is 17.2 Å². The Morgan fingerprint density at radius 2 is 2.12 bits per heavy atom. The number of Topliss-reactive ketones (excluding diaryl/α,β-unsaturated/α-hetero) is 1. The van der Waals surface area contributed by atoms with Crippen molar-refractivity contribution in [3.63, 3.8) is 0 Å². The number of carbonyl (C=O) groups is 2. The molecule has 2 aromatic rings. The van der Waals surface area contributed by atoms with Gasteiger partial charge in [0, 0.05) is 16.7 Å². The second kappa shape index (κ2) is 6.43. The van der Waals surface area contributed by atoms with Gasteiger partial charge in [-0.05, 0) is 37.6 Å². The number of allylic oxidation sites excluding steroid dienone is 1. The van der Waals surface area contributed by atoms with Gasteiger partial charge in [0.25, 0.3) is 0 Å². The number of ether oxygens (including phenoxy) is 2. The summed E-state index contributed by atoms with van der Waals surface area (Å²) in [7, 11) is 1.55. The average molecular weight is 338 g/mol. The summed E-state index contributed by atoms with van der Waals surface area (Å²) in [5, 5.41) is 10.4. The fourth-order valence-electron chi connectivity index (χ4n) is 2.98. The number of ketones is 2. The van der Waals surface area contributed by atoms with E-state index in [0.29, 0.717) is 28.2 Å². The van der Waals surface area contributed by atoms with Crippen LogP contribution in [0.3, 0.4) is 0 Å². The molecular formula is C20H18O5. The Morgan fingerprint density at radius 1 is 1.36 bits per heavy atom. The lowest BCUT2D eigenvalue weighted by molar-refractivity contribution is 0.101. The molecule has 0 atom stereocenters. The van der Waals surface area contributed by atoms with Crippen molar-refractivity contribution >= 4 is 11.6 Å². The van der Waals surface area contributed by atoms with Crippen LogP contribution in [0.2, 0.25) is 0 Å². The predicted octanol–water partition coefficient (Wildman–Crippen LogP) is 3.46. The van der Waals surface area contributed by atoms with Crippen molar-refractivity contribution in [2.75, 3.05) is 7.11 Å². The number of phenolic OH excluding ortho intramolecular Hbond substituents is 1. The lowest BCUT2D eigenvalue weighted by Crippen LogP contribution is -2.07. The molecule has 0 saturated heterocycles. The molecule has 0 saturated carbocycles. The maximum absolute atomic E-state index is 13.0. The molecule has 5 heteroatoms. The monoisotopic (exact) mass is 338 g/mol. The first kappa shape index (κ1) is 16.8. The van der Waals surface area contributed by atoms with E-state index in [-0.39, 0.29) is 41.5 Å². The minimum Gasteiger partial charge on any atom is -0.507 e. The summed E-state index contributed by atoms with van der Waals surface area (Å²) in [6, 6.07) is 6.54. The van der Waals surface area contributed by atoms with Crippen molar-refractivity contribution in [3.8, 4) is 17.2 Å². The number of methoxy groups -OCH3 is 1. The Balaban J connectivity index is 2.25. The van der Waals surface area contributed by atoms with Crippen LogP contribution in [0.1, 0.15) is 44.3 Å². The Bertz CT molecular complexity index is 895. The van der Waals surface area contributed by atoms with Crippen molar-refractivity contribution in [3.05, 3.63) is 64.7 Å². The van der Waals surface area contributed by atoms with E-state index < -0.39 is 0 Å². The van der Waals surface area contributed by atoms with Crippen LogP contribution >= 0.6 is 0 Å². The molecule has 0 fully saturated rings. The van der Waals surface area contributed by atoms with Crippen molar-refractivity contribution in [2.24, 2.45) is 0 Å². The van der Waals surface area contributed by atoms with Gasteiger partial charge in [-0.3, -0.25) is 9.59 Å². The maximum atomic E-state index is 13.0. The molecule has 2 aromatic carbocycles. The van der Waals surface area contributed by atoms with Gasteiger partial charge in [-0.25, -0.2) is 0 Å². The van der Waals surface area contributed by atoms with E-state index in [1.54, 1.807) is 31.4 Å². The van der Waals surface area contributed by atoms with Crippen molar-refractivity contribution in [1.82, 2.24) is 0 Å². The van der Waals surface area contributed by atoms with E-state index in [4.69, 9.17) is 9.47 Å². The van der Waals surface area contributed by atoms with Crippen LogP contribution in [0.15, 0.2) is 36.9 Å². The van der Waals surface area contributed by atoms with E-state index in [1.807, 2.05) is 0 Å². The molecule has 0 unspecified atom stereocenters. The molecule has 128 valence electrons. The largest absolute Gasteiger partial charge is 0.507 e. The number of fused-ring (bicyclic) bond motifs is 2. The summed E-state index contributed by atoms with van der Waals surface area (Å²) in [5.41, 5.74) is 1.94. The molecule has 25 heavy (non-hydrogen) atoms. The Morgan fingerprint density at radius 3 is 2.76 bits per heavy atom. The van der Waals surface area contributed by atoms with Gasteiger partial charge in [0.05, 0.1) is 18.2 Å². The summed E-state index contributed by atoms with van der Waals surface area (Å²) in [4.78, 5) is 24.9. The summed E-state index contributed by atoms with van der Waals surface area (Å²) < 4.78 is 11.0. The summed E-state index contributed by atoms with van der Waals surface area (Å²) >= 11 is 0. The lowest BCUT2D eigenvalue weighted by Gasteiger charge is -2.15. The number of aromatic hydroxyl groups is 1. The predicted molar refractivity (Wildman–Crippen MR) is 92.8 cm³/mol. The summed E-state index contributed by atoms with van der Waals surface area (Å²) in [6.07, 6.45) is 1.87. The Labute approximate surface area is 145 Å². The van der Waals surface area contributed by atoms with E-state index in [0.717, 1.165) is 0 Å². The molecule has 3 rings (SSSR count). The molecule has 1 heterocycles. The minimum absolute atomic E-state index is 0.101. The molecule has 1 N–H and O–H groups in total. The fourth-order valence-corrected chi connectivity index (χ4v) is 2.98. The molecule has 0 amide bonds. The molecular weight excluding hydrogens is 320 g/mol. The van der Waals surface area contributed by atoms with Gasteiger partial charge in [0.2, 0.25) is 0 Å². The summed E-state index contributed by atoms with van der Waals surface area (Å²) in [6.45, 7) is 5.18. The highest BCUT2D eigenvalue weighted by Crippen LogP contribution is 2.40. The van der Waals surface area contributed by atoms with E-state index >= 15 is 0 Å². The second-order valence-electron chi connectivity index (χ2n) is 5.82. The van der Waals surface area contributed by atoms with Crippen molar-refractivity contribution < 1.29 is 24.2 Å². The Kier molecular flexibility index (Phi) is 4.31. The maximum Gasteiger partial charge on any atom is 0.197 e. The van der Waals surface area contributed by atoms with Gasteiger partial charge in [-0.1, -0.05) is 6.08 Å². The van der Waals surface area contributed by atoms with Gasteiger partial charge in [0.15, 0.2) is 11.6 Å². The molecule has 0 bridgehead atoms. The lowest BCUT2D eigenvalue weighted by atomic mass is 9.93. The number of phenols is 1. The third-order valence-electron chi connectivity index (χ3n) is 4.25. The molecule has 1 aliphatic rings. The second-order valence-corrected chi connectivity index (χ2v) is 5.82. The zero-order valence-electron chi connectivity index (χ0n) is 14.1. The fraction of sp³-hybridized carbons (Fsp3) is 0.200. The van der Waals surface area contributed by atoms with E-state index in [9.17, 15) is 14.7 Å². The number of carbonyl (C=O) groups excluding carboxylic acids is 2. The van der Waals surface area contributed by atoms with Gasteiger partial charge in [0.1, 0.15) is 23.9 Å². The zero-order chi connectivity index (χ0) is 18.1. The SMILES string of the molecule is C=CCc1c(O)c(C(C)=O)cc2c1OCc1cc(OC)ccc1C2=O. The standard InChI is InChI=1S/C20H18O5/c1-4-5-15-19(23)16(11(2)21)9-17-18(22)14-7-6-13(24-3)8-12(14)10-25-20(15)17/h4,6-9,23H,1,5,10H2,2-3H3. The van der Waals surface area contributed by atoms with Crippen LogP contribution in [0.25, 0.3) is 0 Å².